The van der Waals surface area contributed by atoms with Crippen LogP contribution in [0.1, 0.15) is 32.6 Å². The van der Waals surface area contributed by atoms with E-state index in [1.165, 1.54) is 25.0 Å². The van der Waals surface area contributed by atoms with Crippen molar-refractivity contribution >= 4 is 17.7 Å². The topological polar surface area (TPSA) is 29.9 Å². The van der Waals surface area contributed by atoms with Gasteiger partial charge in [0, 0.05) is 30.7 Å². The van der Waals surface area contributed by atoms with Crippen LogP contribution in [0.15, 0.2) is 12.4 Å². The fraction of sp³-hybridized carbons (Fsp3) is 0.750. The molecular weight excluding hydrogens is 218 g/mol. The van der Waals surface area contributed by atoms with Gasteiger partial charge >= 0.3 is 0 Å². The Morgan fingerprint density at radius 2 is 2.50 bits per heavy atom. The molecule has 90 valence electrons. The van der Waals surface area contributed by atoms with Crippen molar-refractivity contribution in [2.75, 3.05) is 17.6 Å². The summed E-state index contributed by atoms with van der Waals surface area (Å²) in [7, 11) is 0. The number of nitrogens with zero attached hydrogens (tertiary/aromatic N) is 2. The third-order valence-electron chi connectivity index (χ3n) is 2.94. The minimum atomic E-state index is 0.778. The Kier molecular flexibility index (Phi) is 4.57. The Labute approximate surface area is 102 Å². The average Bonchev–Trinajstić information content (AvgIpc) is 2.76. The maximum absolute atomic E-state index is 4.36. The molecule has 1 saturated heterocycles. The molecule has 0 aliphatic carbocycles. The van der Waals surface area contributed by atoms with Crippen LogP contribution < -0.4 is 5.32 Å². The number of aromatic nitrogens is 2. The van der Waals surface area contributed by atoms with E-state index < -0.39 is 0 Å². The molecule has 3 nitrogen and oxygen atoms in total. The van der Waals surface area contributed by atoms with E-state index in [2.05, 4.69) is 39.8 Å². The van der Waals surface area contributed by atoms with Crippen molar-refractivity contribution in [2.45, 2.75) is 44.4 Å². The molecule has 0 radical (unpaired) electrons. The van der Waals surface area contributed by atoms with Crippen LogP contribution in [0, 0.1) is 0 Å². The van der Waals surface area contributed by atoms with E-state index in [0.717, 1.165) is 30.7 Å². The lowest BCUT2D eigenvalue weighted by Gasteiger charge is -2.21. The average molecular weight is 239 g/mol. The molecule has 2 rings (SSSR count). The monoisotopic (exact) mass is 239 g/mol. The first kappa shape index (κ1) is 11.8. The molecule has 0 aromatic carbocycles. The number of imidazole rings is 1. The minimum absolute atomic E-state index is 0.778. The predicted octanol–water partition coefficient (Wildman–Crippen LogP) is 2.99. The van der Waals surface area contributed by atoms with Crippen molar-refractivity contribution in [1.82, 2.24) is 9.55 Å². The van der Waals surface area contributed by atoms with Crippen LogP contribution >= 0.6 is 11.8 Å². The summed E-state index contributed by atoms with van der Waals surface area (Å²) in [5.74, 6) is 2.36. The van der Waals surface area contributed by atoms with Gasteiger partial charge in [-0.15, -0.1) is 0 Å². The van der Waals surface area contributed by atoms with Gasteiger partial charge in [0.05, 0.1) is 0 Å². The Morgan fingerprint density at radius 1 is 1.56 bits per heavy atom. The molecule has 2 heterocycles. The molecule has 16 heavy (non-hydrogen) atoms. The zero-order valence-electron chi connectivity index (χ0n) is 9.98. The Morgan fingerprint density at radius 3 is 3.25 bits per heavy atom. The first-order valence-electron chi connectivity index (χ1n) is 6.26. The summed E-state index contributed by atoms with van der Waals surface area (Å²) in [4.78, 5) is 4.36. The van der Waals surface area contributed by atoms with E-state index in [1.54, 1.807) is 0 Å². The van der Waals surface area contributed by atoms with E-state index in [0.29, 0.717) is 0 Å². The lowest BCUT2D eigenvalue weighted by molar-refractivity contribution is 0.660. The molecule has 1 unspecified atom stereocenters. The van der Waals surface area contributed by atoms with Gasteiger partial charge in [-0.3, -0.25) is 0 Å². The van der Waals surface area contributed by atoms with E-state index in [-0.39, 0.29) is 0 Å². The van der Waals surface area contributed by atoms with E-state index >= 15 is 0 Å². The molecule has 1 aromatic heterocycles. The molecule has 4 heteroatoms. The maximum atomic E-state index is 4.36. The van der Waals surface area contributed by atoms with Crippen LogP contribution in [0.2, 0.25) is 0 Å². The molecular formula is C12H21N3S. The Bertz CT molecular complexity index is 305. The predicted molar refractivity (Wildman–Crippen MR) is 71.1 cm³/mol. The summed E-state index contributed by atoms with van der Waals surface area (Å²) in [6.45, 7) is 4.31. The highest BCUT2D eigenvalue weighted by atomic mass is 32.2. The number of hydrogen-bond donors (Lipinski definition) is 1. The highest BCUT2D eigenvalue weighted by Crippen LogP contribution is 2.25. The molecule has 1 aromatic rings. The highest BCUT2D eigenvalue weighted by molar-refractivity contribution is 7.99. The molecule has 1 N–H and O–H groups in total. The van der Waals surface area contributed by atoms with Gasteiger partial charge in [-0.05, 0) is 25.0 Å². The van der Waals surface area contributed by atoms with Gasteiger partial charge in [0.1, 0.15) is 0 Å². The number of rotatable bonds is 5. The summed E-state index contributed by atoms with van der Waals surface area (Å²) >= 11 is 2.10. The van der Waals surface area contributed by atoms with Crippen molar-refractivity contribution in [3.8, 4) is 0 Å². The first-order chi connectivity index (χ1) is 7.90. The van der Waals surface area contributed by atoms with Gasteiger partial charge in [-0.1, -0.05) is 13.3 Å². The van der Waals surface area contributed by atoms with Gasteiger partial charge < -0.3 is 9.88 Å². The second kappa shape index (κ2) is 6.18. The second-order valence-corrected chi connectivity index (χ2v) is 5.72. The number of aryl methyl sites for hydroxylation is 1. The number of anilines is 1. The summed E-state index contributed by atoms with van der Waals surface area (Å²) < 4.78 is 2.20. The largest absolute Gasteiger partial charge is 0.355 e. The lowest BCUT2D eigenvalue weighted by atomic mass is 10.2. The van der Waals surface area contributed by atoms with E-state index in [1.807, 2.05) is 6.20 Å². The van der Waals surface area contributed by atoms with Gasteiger partial charge in [0.2, 0.25) is 5.95 Å². The summed E-state index contributed by atoms with van der Waals surface area (Å²) in [6.07, 6.45) is 9.23. The molecule has 1 aliphatic heterocycles. The molecule has 1 fully saturated rings. The third-order valence-corrected chi connectivity index (χ3v) is 4.34. The number of nitrogens with one attached hydrogen (secondary N) is 1. The number of thioether (sulfide) groups is 1. The third kappa shape index (κ3) is 3.17. The quantitative estimate of drug-likeness (QED) is 0.856. The Balaban J connectivity index is 1.81. The van der Waals surface area contributed by atoms with Gasteiger partial charge in [0.25, 0.3) is 0 Å². The van der Waals surface area contributed by atoms with Gasteiger partial charge in [-0.2, -0.15) is 11.8 Å². The summed E-state index contributed by atoms with van der Waals surface area (Å²) in [5, 5.41) is 4.26. The molecule has 0 amide bonds. The zero-order chi connectivity index (χ0) is 11.2. The van der Waals surface area contributed by atoms with E-state index in [4.69, 9.17) is 0 Å². The first-order valence-corrected chi connectivity index (χ1v) is 7.31. The van der Waals surface area contributed by atoms with Crippen LogP contribution in [-0.2, 0) is 6.54 Å². The maximum Gasteiger partial charge on any atom is 0.202 e. The van der Waals surface area contributed by atoms with Crippen molar-refractivity contribution in [3.05, 3.63) is 12.4 Å². The van der Waals surface area contributed by atoms with Crippen molar-refractivity contribution in [2.24, 2.45) is 0 Å². The lowest BCUT2D eigenvalue weighted by Crippen LogP contribution is -2.21. The Hall–Kier alpha value is -0.640. The standard InChI is InChI=1S/C12H21N3S/c1-2-7-15-8-6-13-12(15)14-10-11-5-3-4-9-16-11/h6,8,11H,2-5,7,9-10H2,1H3,(H,13,14). The van der Waals surface area contributed by atoms with Crippen LogP contribution in [0.5, 0.6) is 0 Å². The molecule has 1 aliphatic rings. The smallest absolute Gasteiger partial charge is 0.202 e. The highest BCUT2D eigenvalue weighted by Gasteiger charge is 2.14. The number of hydrogen-bond acceptors (Lipinski definition) is 3. The summed E-state index contributed by atoms with van der Waals surface area (Å²) in [6, 6.07) is 0. The second-order valence-electron chi connectivity index (χ2n) is 4.31. The van der Waals surface area contributed by atoms with Gasteiger partial charge in [-0.25, -0.2) is 4.98 Å². The summed E-state index contributed by atoms with van der Waals surface area (Å²) in [5.41, 5.74) is 0. The van der Waals surface area contributed by atoms with Crippen molar-refractivity contribution in [3.63, 3.8) is 0 Å². The zero-order valence-corrected chi connectivity index (χ0v) is 10.8. The normalized spacial score (nSPS) is 20.9. The van der Waals surface area contributed by atoms with Crippen LogP contribution in [0.25, 0.3) is 0 Å². The fourth-order valence-corrected chi connectivity index (χ4v) is 3.31. The molecule has 0 spiro atoms. The van der Waals surface area contributed by atoms with E-state index in [9.17, 15) is 0 Å². The van der Waals surface area contributed by atoms with Crippen LogP contribution in [-0.4, -0.2) is 27.1 Å². The van der Waals surface area contributed by atoms with Crippen molar-refractivity contribution in [1.29, 1.82) is 0 Å². The molecule has 1 atom stereocenters. The van der Waals surface area contributed by atoms with Crippen LogP contribution in [0.4, 0.5) is 5.95 Å². The minimum Gasteiger partial charge on any atom is -0.355 e. The molecule has 0 bridgehead atoms. The SMILES string of the molecule is CCCn1ccnc1NCC1CCCCS1. The van der Waals surface area contributed by atoms with Crippen molar-refractivity contribution < 1.29 is 0 Å². The fourth-order valence-electron chi connectivity index (χ4n) is 2.07. The molecule has 0 saturated carbocycles. The van der Waals surface area contributed by atoms with Crippen LogP contribution in [0.3, 0.4) is 0 Å². The van der Waals surface area contributed by atoms with Gasteiger partial charge in [0.15, 0.2) is 0 Å².